The van der Waals surface area contributed by atoms with E-state index in [-0.39, 0.29) is 0 Å². The van der Waals surface area contributed by atoms with Crippen LogP contribution in [0.25, 0.3) is 55.3 Å². The number of para-hydroxylation sites is 1. The predicted octanol–water partition coefficient (Wildman–Crippen LogP) is 10.2. The Morgan fingerprint density at radius 2 is 0.947 bits per heavy atom. The van der Waals surface area contributed by atoms with E-state index in [0.29, 0.717) is 0 Å². The van der Waals surface area contributed by atoms with Crippen molar-refractivity contribution in [1.29, 1.82) is 0 Å². The van der Waals surface area contributed by atoms with Crippen LogP contribution < -0.4 is 0 Å². The first-order chi connectivity index (χ1) is 18.8. The first kappa shape index (κ1) is 22.3. The van der Waals surface area contributed by atoms with Crippen LogP contribution in [0.2, 0.25) is 0 Å². The molecule has 1 heterocycles. The van der Waals surface area contributed by atoms with Gasteiger partial charge in [0.15, 0.2) is 0 Å². The molecule has 0 radical (unpaired) electrons. The van der Waals surface area contributed by atoms with Crippen molar-refractivity contribution in [2.24, 2.45) is 0 Å². The van der Waals surface area contributed by atoms with E-state index in [9.17, 15) is 0 Å². The maximum atomic E-state index is 6.74. The van der Waals surface area contributed by atoms with Gasteiger partial charge in [-0.05, 0) is 51.9 Å². The van der Waals surface area contributed by atoms with E-state index in [4.69, 9.17) is 4.42 Å². The molecule has 0 saturated carbocycles. The van der Waals surface area contributed by atoms with Gasteiger partial charge in [-0.25, -0.2) is 0 Å². The summed E-state index contributed by atoms with van der Waals surface area (Å²) in [5.74, 6) is 0. The molecule has 38 heavy (non-hydrogen) atoms. The third-order valence-electron chi connectivity index (χ3n) is 7.31. The molecule has 0 saturated heterocycles. The number of furan rings is 1. The van der Waals surface area contributed by atoms with Crippen LogP contribution in [-0.2, 0) is 6.42 Å². The zero-order valence-corrected chi connectivity index (χ0v) is 21.0. The summed E-state index contributed by atoms with van der Waals surface area (Å²) in [5, 5.41) is 2.28. The van der Waals surface area contributed by atoms with E-state index in [2.05, 4.69) is 146 Å². The number of hydrogen-bond acceptors (Lipinski definition) is 1. The van der Waals surface area contributed by atoms with E-state index in [1.54, 1.807) is 0 Å². The van der Waals surface area contributed by atoms with Crippen LogP contribution >= 0.6 is 0 Å². The minimum absolute atomic E-state index is 0.929. The molecule has 0 bridgehead atoms. The summed E-state index contributed by atoms with van der Waals surface area (Å²) in [6, 6.07) is 51.6. The predicted molar refractivity (Wildman–Crippen MR) is 159 cm³/mol. The molecule has 1 nitrogen and oxygen atoms in total. The van der Waals surface area contributed by atoms with Gasteiger partial charge in [-0.2, -0.15) is 0 Å². The van der Waals surface area contributed by atoms with Crippen LogP contribution in [0.4, 0.5) is 0 Å². The summed E-state index contributed by atoms with van der Waals surface area (Å²) in [5.41, 5.74) is 11.4. The summed E-state index contributed by atoms with van der Waals surface area (Å²) in [6.45, 7) is 0. The molecule has 0 aliphatic carbocycles. The van der Waals surface area contributed by atoms with Crippen molar-refractivity contribution in [3.05, 3.63) is 157 Å². The fourth-order valence-corrected chi connectivity index (χ4v) is 5.39. The minimum atomic E-state index is 0.929. The highest BCUT2D eigenvalue weighted by Crippen LogP contribution is 2.42. The highest BCUT2D eigenvalue weighted by molar-refractivity contribution is 6.14. The number of fused-ring (bicyclic) bond motifs is 3. The number of benzene rings is 6. The lowest BCUT2D eigenvalue weighted by Crippen LogP contribution is -1.88. The zero-order chi connectivity index (χ0) is 25.3. The Hall–Kier alpha value is -4.88. The Bertz CT molecular complexity index is 1850. The average molecular weight is 487 g/mol. The van der Waals surface area contributed by atoms with Crippen LogP contribution in [0, 0.1) is 0 Å². The van der Waals surface area contributed by atoms with Gasteiger partial charge >= 0.3 is 0 Å². The smallest absolute Gasteiger partial charge is 0.143 e. The molecule has 0 amide bonds. The van der Waals surface area contributed by atoms with Crippen molar-refractivity contribution in [1.82, 2.24) is 0 Å². The van der Waals surface area contributed by atoms with Gasteiger partial charge in [0.2, 0.25) is 0 Å². The summed E-state index contributed by atoms with van der Waals surface area (Å²) >= 11 is 0. The van der Waals surface area contributed by atoms with Crippen LogP contribution in [0.1, 0.15) is 11.1 Å². The van der Waals surface area contributed by atoms with E-state index in [1.165, 1.54) is 22.3 Å². The molecule has 1 heteroatoms. The molecule has 0 spiro atoms. The minimum Gasteiger partial charge on any atom is -0.455 e. The van der Waals surface area contributed by atoms with Crippen LogP contribution in [0.3, 0.4) is 0 Å². The van der Waals surface area contributed by atoms with Gasteiger partial charge in [0, 0.05) is 21.9 Å². The Labute approximate surface area is 222 Å². The Morgan fingerprint density at radius 1 is 0.368 bits per heavy atom. The fraction of sp³-hybridized carbons (Fsp3) is 0.0270. The van der Waals surface area contributed by atoms with Crippen molar-refractivity contribution in [3.63, 3.8) is 0 Å². The second-order valence-corrected chi connectivity index (χ2v) is 9.78. The summed E-state index contributed by atoms with van der Waals surface area (Å²) in [4.78, 5) is 0. The lowest BCUT2D eigenvalue weighted by Gasteiger charge is -2.08. The summed E-state index contributed by atoms with van der Waals surface area (Å²) in [7, 11) is 0. The summed E-state index contributed by atoms with van der Waals surface area (Å²) < 4.78 is 6.74. The molecule has 0 fully saturated rings. The molecule has 0 atom stereocenters. The van der Waals surface area contributed by atoms with Gasteiger partial charge in [0.1, 0.15) is 11.2 Å². The Kier molecular flexibility index (Phi) is 5.60. The van der Waals surface area contributed by atoms with Gasteiger partial charge in [0.25, 0.3) is 0 Å². The van der Waals surface area contributed by atoms with Gasteiger partial charge in [-0.15, -0.1) is 0 Å². The fourth-order valence-electron chi connectivity index (χ4n) is 5.39. The third-order valence-corrected chi connectivity index (χ3v) is 7.31. The first-order valence-corrected chi connectivity index (χ1v) is 13.1. The molecule has 1 aromatic heterocycles. The lowest BCUT2D eigenvalue weighted by molar-refractivity contribution is 0.671. The average Bonchev–Trinajstić information content (AvgIpc) is 3.37. The second kappa shape index (κ2) is 9.53. The van der Waals surface area contributed by atoms with Gasteiger partial charge in [-0.1, -0.05) is 133 Å². The third kappa shape index (κ3) is 4.09. The maximum Gasteiger partial charge on any atom is 0.143 e. The van der Waals surface area contributed by atoms with E-state index < -0.39 is 0 Å². The maximum absolute atomic E-state index is 6.74. The zero-order valence-electron chi connectivity index (χ0n) is 21.0. The molecule has 7 aromatic rings. The van der Waals surface area contributed by atoms with Crippen molar-refractivity contribution in [2.75, 3.05) is 0 Å². The normalized spacial score (nSPS) is 11.3. The number of rotatable bonds is 5. The van der Waals surface area contributed by atoms with Crippen LogP contribution in [0.5, 0.6) is 0 Å². The SMILES string of the molecule is c1ccc(Cc2ccc(-c3cccc4c3oc3c(-c5ccccc5)cc(-c5ccccc5)cc34)cc2)cc1. The van der Waals surface area contributed by atoms with Gasteiger partial charge in [-0.3, -0.25) is 0 Å². The Balaban J connectivity index is 1.39. The van der Waals surface area contributed by atoms with Crippen LogP contribution in [-0.4, -0.2) is 0 Å². The monoisotopic (exact) mass is 486 g/mol. The van der Waals surface area contributed by atoms with Crippen molar-refractivity contribution >= 4 is 21.9 Å². The quantitative estimate of drug-likeness (QED) is 0.236. The molecular formula is C37H26O. The molecule has 180 valence electrons. The molecule has 0 aliphatic rings. The molecular weight excluding hydrogens is 460 g/mol. The van der Waals surface area contributed by atoms with Crippen molar-refractivity contribution in [2.45, 2.75) is 6.42 Å². The molecule has 0 N–H and O–H groups in total. The lowest BCUT2D eigenvalue weighted by atomic mass is 9.95. The summed E-state index contributed by atoms with van der Waals surface area (Å²) in [6.07, 6.45) is 0.929. The van der Waals surface area contributed by atoms with E-state index in [1.807, 2.05) is 0 Å². The number of hydrogen-bond donors (Lipinski definition) is 0. The molecule has 0 unspecified atom stereocenters. The van der Waals surface area contributed by atoms with Crippen molar-refractivity contribution < 1.29 is 4.42 Å². The van der Waals surface area contributed by atoms with Gasteiger partial charge in [0.05, 0.1) is 0 Å². The highest BCUT2D eigenvalue weighted by Gasteiger charge is 2.17. The standard InChI is InChI=1S/C37H26O/c1-4-11-26(12-5-1)23-27-19-21-30(22-20-27)32-17-10-18-33-35-25-31(28-13-6-2-7-14-28)24-34(37(35)38-36(32)33)29-15-8-3-9-16-29/h1-22,24-25H,23H2. The van der Waals surface area contributed by atoms with Crippen LogP contribution in [0.15, 0.2) is 150 Å². The highest BCUT2D eigenvalue weighted by atomic mass is 16.3. The van der Waals surface area contributed by atoms with Gasteiger partial charge < -0.3 is 4.42 Å². The molecule has 0 aliphatic heterocycles. The Morgan fingerprint density at radius 3 is 1.66 bits per heavy atom. The van der Waals surface area contributed by atoms with Crippen molar-refractivity contribution in [3.8, 4) is 33.4 Å². The first-order valence-electron chi connectivity index (χ1n) is 13.1. The molecule has 6 aromatic carbocycles. The second-order valence-electron chi connectivity index (χ2n) is 9.78. The van der Waals surface area contributed by atoms with E-state index >= 15 is 0 Å². The molecule has 7 rings (SSSR count). The topological polar surface area (TPSA) is 13.1 Å². The largest absolute Gasteiger partial charge is 0.455 e. The van der Waals surface area contributed by atoms with E-state index in [0.717, 1.165) is 50.6 Å².